The molecule has 1 aliphatic heterocycles. The molecule has 1 aromatic rings. The number of likely N-dealkylation sites (tertiary alicyclic amines) is 1. The van der Waals surface area contributed by atoms with E-state index >= 15 is 0 Å². The van der Waals surface area contributed by atoms with Crippen molar-refractivity contribution in [1.29, 1.82) is 0 Å². The van der Waals surface area contributed by atoms with Gasteiger partial charge in [-0.15, -0.1) is 0 Å². The van der Waals surface area contributed by atoms with Crippen molar-refractivity contribution in [2.24, 2.45) is 0 Å². The van der Waals surface area contributed by atoms with E-state index < -0.39 is 0 Å². The largest absolute Gasteiger partial charge is 0.397 e. The van der Waals surface area contributed by atoms with Crippen LogP contribution >= 0.6 is 0 Å². The molecule has 1 unspecified atom stereocenters. The molecule has 0 radical (unpaired) electrons. The summed E-state index contributed by atoms with van der Waals surface area (Å²) in [5.74, 6) is 0.0486. The number of nitrogens with two attached hydrogens (primary N) is 1. The molecule has 5 heteroatoms. The normalized spacial score (nSPS) is 18.0. The van der Waals surface area contributed by atoms with E-state index in [1.165, 1.54) is 0 Å². The fourth-order valence-corrected chi connectivity index (χ4v) is 2.99. The Kier molecular flexibility index (Phi) is 5.07. The van der Waals surface area contributed by atoms with Gasteiger partial charge in [0.15, 0.2) is 0 Å². The molecule has 5 nitrogen and oxygen atoms in total. The Morgan fingerprint density at radius 2 is 2.24 bits per heavy atom. The van der Waals surface area contributed by atoms with Crippen LogP contribution in [0.15, 0.2) is 18.2 Å². The van der Waals surface area contributed by atoms with Crippen LogP contribution in [0.4, 0.5) is 11.4 Å². The highest BCUT2D eigenvalue weighted by Crippen LogP contribution is 2.27. The summed E-state index contributed by atoms with van der Waals surface area (Å²) in [5, 5.41) is 8.96. The van der Waals surface area contributed by atoms with Crippen LogP contribution in [0.2, 0.25) is 0 Å². The molecule has 1 heterocycles. The lowest BCUT2D eigenvalue weighted by Crippen LogP contribution is -2.35. The summed E-state index contributed by atoms with van der Waals surface area (Å²) < 4.78 is 0. The lowest BCUT2D eigenvalue weighted by Gasteiger charge is -2.25. The first-order valence-corrected chi connectivity index (χ1v) is 7.53. The minimum atomic E-state index is 0.0486. The summed E-state index contributed by atoms with van der Waals surface area (Å²) in [6, 6.07) is 5.75. The first-order chi connectivity index (χ1) is 10.0. The third-order valence-electron chi connectivity index (χ3n) is 4.09. The molecular weight excluding hydrogens is 266 g/mol. The van der Waals surface area contributed by atoms with Crippen molar-refractivity contribution in [3.05, 3.63) is 23.8 Å². The van der Waals surface area contributed by atoms with E-state index in [0.29, 0.717) is 11.3 Å². The van der Waals surface area contributed by atoms with Crippen LogP contribution in [-0.4, -0.2) is 49.2 Å². The van der Waals surface area contributed by atoms with E-state index in [-0.39, 0.29) is 18.6 Å². The van der Waals surface area contributed by atoms with Crippen LogP contribution in [0, 0.1) is 0 Å². The van der Waals surface area contributed by atoms with E-state index in [1.54, 1.807) is 6.07 Å². The summed E-state index contributed by atoms with van der Waals surface area (Å²) in [4.78, 5) is 16.5. The molecule has 1 aliphatic rings. The minimum Gasteiger partial charge on any atom is -0.397 e. The summed E-state index contributed by atoms with van der Waals surface area (Å²) in [7, 11) is 3.86. The summed E-state index contributed by atoms with van der Waals surface area (Å²) in [6.07, 6.45) is 3.67. The fraction of sp³-hybridized carbons (Fsp3) is 0.562. The fourth-order valence-electron chi connectivity index (χ4n) is 2.99. The van der Waals surface area contributed by atoms with Crippen molar-refractivity contribution in [2.75, 3.05) is 37.9 Å². The van der Waals surface area contributed by atoms with Gasteiger partial charge >= 0.3 is 0 Å². The lowest BCUT2D eigenvalue weighted by atomic mass is 10.1. The van der Waals surface area contributed by atoms with Gasteiger partial charge in [0.2, 0.25) is 0 Å². The number of hydrogen-bond donors (Lipinski definition) is 2. The van der Waals surface area contributed by atoms with Crippen LogP contribution in [0.25, 0.3) is 0 Å². The monoisotopic (exact) mass is 291 g/mol. The number of carbonyl (C=O) groups is 1. The van der Waals surface area contributed by atoms with Gasteiger partial charge in [-0.1, -0.05) is 0 Å². The van der Waals surface area contributed by atoms with Gasteiger partial charge in [-0.3, -0.25) is 4.79 Å². The number of hydrogen-bond acceptors (Lipinski definition) is 4. The van der Waals surface area contributed by atoms with E-state index in [2.05, 4.69) is 0 Å². The number of aliphatic hydroxyl groups is 1. The predicted octanol–water partition coefficient (Wildman–Crippen LogP) is 1.71. The van der Waals surface area contributed by atoms with E-state index in [4.69, 9.17) is 10.8 Å². The molecule has 116 valence electrons. The van der Waals surface area contributed by atoms with Crippen LogP contribution in [-0.2, 0) is 0 Å². The maximum Gasteiger partial charge on any atom is 0.254 e. The number of aliphatic hydroxyl groups excluding tert-OH is 1. The maximum absolute atomic E-state index is 12.6. The van der Waals surface area contributed by atoms with Crippen LogP contribution in [0.3, 0.4) is 0 Å². The Balaban J connectivity index is 2.14. The third kappa shape index (κ3) is 3.47. The van der Waals surface area contributed by atoms with Crippen molar-refractivity contribution < 1.29 is 9.90 Å². The van der Waals surface area contributed by atoms with Gasteiger partial charge < -0.3 is 20.6 Å². The highest BCUT2D eigenvalue weighted by Gasteiger charge is 2.29. The second-order valence-corrected chi connectivity index (χ2v) is 5.83. The lowest BCUT2D eigenvalue weighted by molar-refractivity contribution is 0.0724. The van der Waals surface area contributed by atoms with Gasteiger partial charge in [0.25, 0.3) is 5.91 Å². The Hall–Kier alpha value is -1.75. The molecule has 1 atom stereocenters. The summed E-state index contributed by atoms with van der Waals surface area (Å²) in [6.45, 7) is 0.979. The van der Waals surface area contributed by atoms with E-state index in [0.717, 1.165) is 37.9 Å². The highest BCUT2D eigenvalue weighted by molar-refractivity contribution is 5.96. The molecular formula is C16H25N3O2. The first-order valence-electron chi connectivity index (χ1n) is 7.53. The zero-order chi connectivity index (χ0) is 15.4. The number of anilines is 2. The molecule has 1 saturated heterocycles. The molecule has 21 heavy (non-hydrogen) atoms. The zero-order valence-corrected chi connectivity index (χ0v) is 12.9. The Labute approximate surface area is 126 Å². The van der Waals surface area contributed by atoms with Crippen LogP contribution < -0.4 is 10.6 Å². The highest BCUT2D eigenvalue weighted by atomic mass is 16.3. The Morgan fingerprint density at radius 1 is 1.48 bits per heavy atom. The number of nitrogens with zero attached hydrogens (tertiary/aromatic N) is 2. The molecule has 0 aliphatic carbocycles. The summed E-state index contributed by atoms with van der Waals surface area (Å²) in [5.41, 5.74) is 8.22. The molecule has 0 spiro atoms. The average molecular weight is 291 g/mol. The topological polar surface area (TPSA) is 69.8 Å². The Bertz CT molecular complexity index is 502. The van der Waals surface area contributed by atoms with Crippen molar-refractivity contribution in [2.45, 2.75) is 31.7 Å². The second kappa shape index (κ2) is 6.80. The average Bonchev–Trinajstić information content (AvgIpc) is 2.92. The van der Waals surface area contributed by atoms with Gasteiger partial charge in [0.05, 0.1) is 11.4 Å². The smallest absolute Gasteiger partial charge is 0.254 e. The van der Waals surface area contributed by atoms with Crippen LogP contribution in [0.5, 0.6) is 0 Å². The zero-order valence-electron chi connectivity index (χ0n) is 12.9. The van der Waals surface area contributed by atoms with Crippen molar-refractivity contribution in [3.8, 4) is 0 Å². The number of carbonyl (C=O) groups excluding carboxylic acids is 1. The molecule has 1 aromatic carbocycles. The van der Waals surface area contributed by atoms with E-state index in [1.807, 2.05) is 36.0 Å². The van der Waals surface area contributed by atoms with Crippen molar-refractivity contribution in [3.63, 3.8) is 0 Å². The van der Waals surface area contributed by atoms with Crippen molar-refractivity contribution >= 4 is 17.3 Å². The standard InChI is InChI=1S/C16H25N3O2/c1-18(2)15-8-7-12(11-14(15)17)16(21)19-9-3-5-13(19)6-4-10-20/h7-8,11,13,20H,3-6,9-10,17H2,1-2H3. The Morgan fingerprint density at radius 3 is 2.86 bits per heavy atom. The quantitative estimate of drug-likeness (QED) is 0.810. The maximum atomic E-state index is 12.6. The SMILES string of the molecule is CN(C)c1ccc(C(=O)N2CCCC2CCCO)cc1N. The number of amides is 1. The first kappa shape index (κ1) is 15.6. The number of nitrogen functional groups attached to an aromatic ring is 1. The molecule has 2 rings (SSSR count). The molecule has 3 N–H and O–H groups in total. The van der Waals surface area contributed by atoms with Crippen molar-refractivity contribution in [1.82, 2.24) is 4.90 Å². The molecule has 0 saturated carbocycles. The summed E-state index contributed by atoms with van der Waals surface area (Å²) >= 11 is 0. The van der Waals surface area contributed by atoms with Gasteiger partial charge in [-0.05, 0) is 43.9 Å². The third-order valence-corrected chi connectivity index (χ3v) is 4.09. The predicted molar refractivity (Wildman–Crippen MR) is 85.6 cm³/mol. The van der Waals surface area contributed by atoms with E-state index in [9.17, 15) is 4.79 Å². The molecule has 1 amide bonds. The van der Waals surface area contributed by atoms with Gasteiger partial charge in [0.1, 0.15) is 0 Å². The van der Waals surface area contributed by atoms with Gasteiger partial charge in [-0.2, -0.15) is 0 Å². The second-order valence-electron chi connectivity index (χ2n) is 5.83. The molecule has 1 fully saturated rings. The number of rotatable bonds is 5. The van der Waals surface area contributed by atoms with Gasteiger partial charge in [-0.25, -0.2) is 0 Å². The number of benzene rings is 1. The molecule has 0 aromatic heterocycles. The van der Waals surface area contributed by atoms with Gasteiger partial charge in [0, 0.05) is 38.9 Å². The minimum absolute atomic E-state index is 0.0486. The molecule has 0 bridgehead atoms. The van der Waals surface area contributed by atoms with Crippen LogP contribution in [0.1, 0.15) is 36.0 Å².